The second-order valence-electron chi connectivity index (χ2n) is 4.89. The molecule has 23 heavy (non-hydrogen) atoms. The van der Waals surface area contributed by atoms with E-state index < -0.39 is 0 Å². The van der Waals surface area contributed by atoms with Gasteiger partial charge in [-0.2, -0.15) is 0 Å². The Morgan fingerprint density at radius 2 is 2.04 bits per heavy atom. The number of benzene rings is 1. The first kappa shape index (κ1) is 15.2. The molecule has 2 N–H and O–H groups in total. The van der Waals surface area contributed by atoms with Crippen molar-refractivity contribution in [2.75, 3.05) is 12.4 Å². The average Bonchev–Trinajstić information content (AvgIpc) is 3.11. The van der Waals surface area contributed by atoms with E-state index in [0.29, 0.717) is 12.2 Å². The molecular formula is C17H16N4OS. The topological polar surface area (TPSA) is 66.9 Å². The molecule has 0 atom stereocenters. The highest BCUT2D eigenvalue weighted by Crippen LogP contribution is 2.24. The Balaban J connectivity index is 1.69. The summed E-state index contributed by atoms with van der Waals surface area (Å²) in [5.74, 6) is 0.604. The molecule has 0 bridgehead atoms. The van der Waals surface area contributed by atoms with E-state index in [1.165, 1.54) is 11.3 Å². The van der Waals surface area contributed by atoms with Crippen LogP contribution < -0.4 is 10.6 Å². The maximum Gasteiger partial charge on any atom is 0.271 e. The maximum atomic E-state index is 12.2. The molecule has 6 heteroatoms. The number of thiazole rings is 1. The van der Waals surface area contributed by atoms with Gasteiger partial charge in [0.05, 0.1) is 0 Å². The van der Waals surface area contributed by atoms with E-state index in [1.807, 2.05) is 49.5 Å². The van der Waals surface area contributed by atoms with Gasteiger partial charge in [-0.25, -0.2) is 9.97 Å². The number of hydrogen-bond donors (Lipinski definition) is 2. The van der Waals surface area contributed by atoms with Gasteiger partial charge in [0, 0.05) is 30.7 Å². The van der Waals surface area contributed by atoms with Crippen molar-refractivity contribution in [3.63, 3.8) is 0 Å². The number of amides is 1. The predicted molar refractivity (Wildman–Crippen MR) is 92.5 cm³/mol. The van der Waals surface area contributed by atoms with Crippen molar-refractivity contribution in [2.45, 2.75) is 6.54 Å². The van der Waals surface area contributed by atoms with Crippen LogP contribution in [0.25, 0.3) is 10.6 Å². The molecule has 0 aliphatic heterocycles. The second-order valence-corrected chi connectivity index (χ2v) is 5.74. The summed E-state index contributed by atoms with van der Waals surface area (Å²) in [6.07, 6.45) is 1.72. The zero-order valence-corrected chi connectivity index (χ0v) is 13.4. The van der Waals surface area contributed by atoms with Crippen molar-refractivity contribution in [1.29, 1.82) is 0 Å². The summed E-state index contributed by atoms with van der Waals surface area (Å²) >= 11 is 1.44. The Morgan fingerprint density at radius 1 is 1.22 bits per heavy atom. The van der Waals surface area contributed by atoms with Gasteiger partial charge in [-0.3, -0.25) is 4.79 Å². The number of aromatic nitrogens is 2. The lowest BCUT2D eigenvalue weighted by atomic mass is 10.2. The van der Waals surface area contributed by atoms with Gasteiger partial charge in [0.2, 0.25) is 0 Å². The van der Waals surface area contributed by atoms with E-state index in [1.54, 1.807) is 11.6 Å². The zero-order valence-electron chi connectivity index (χ0n) is 12.6. The fraction of sp³-hybridized carbons (Fsp3) is 0.118. The molecule has 1 aromatic carbocycles. The molecular weight excluding hydrogens is 308 g/mol. The molecule has 0 spiro atoms. The minimum atomic E-state index is -0.167. The molecule has 5 nitrogen and oxygen atoms in total. The number of nitrogens with zero attached hydrogens (tertiary/aromatic N) is 2. The highest BCUT2D eigenvalue weighted by molar-refractivity contribution is 7.13. The summed E-state index contributed by atoms with van der Waals surface area (Å²) in [5.41, 5.74) is 2.43. The monoisotopic (exact) mass is 324 g/mol. The molecule has 2 aromatic heterocycles. The van der Waals surface area contributed by atoms with Crippen LogP contribution in [0.4, 0.5) is 5.82 Å². The first-order valence-corrected chi connectivity index (χ1v) is 8.06. The van der Waals surface area contributed by atoms with Gasteiger partial charge in [-0.15, -0.1) is 11.3 Å². The molecule has 3 aromatic rings. The van der Waals surface area contributed by atoms with Gasteiger partial charge in [-0.05, 0) is 17.7 Å². The lowest BCUT2D eigenvalue weighted by Gasteiger charge is -2.03. The zero-order chi connectivity index (χ0) is 16.1. The van der Waals surface area contributed by atoms with E-state index in [4.69, 9.17) is 0 Å². The lowest BCUT2D eigenvalue weighted by molar-refractivity contribution is 0.0946. The number of pyridine rings is 1. The third-order valence-corrected chi connectivity index (χ3v) is 4.19. The van der Waals surface area contributed by atoms with Crippen molar-refractivity contribution in [2.24, 2.45) is 0 Å². The van der Waals surface area contributed by atoms with Gasteiger partial charge >= 0.3 is 0 Å². The molecule has 1 amide bonds. The second kappa shape index (κ2) is 7.02. The number of anilines is 1. The number of carbonyl (C=O) groups is 1. The lowest BCUT2D eigenvalue weighted by Crippen LogP contribution is -2.23. The van der Waals surface area contributed by atoms with Crippen molar-refractivity contribution in [3.05, 3.63) is 65.3 Å². The fourth-order valence-electron chi connectivity index (χ4n) is 2.08. The van der Waals surface area contributed by atoms with Crippen molar-refractivity contribution in [3.8, 4) is 10.6 Å². The van der Waals surface area contributed by atoms with E-state index in [9.17, 15) is 4.79 Å². The fourth-order valence-corrected chi connectivity index (χ4v) is 2.88. The highest BCUT2D eigenvalue weighted by Gasteiger charge is 2.12. The van der Waals surface area contributed by atoms with Crippen molar-refractivity contribution >= 4 is 23.1 Å². The van der Waals surface area contributed by atoms with Crippen LogP contribution in [0.15, 0.2) is 54.0 Å². The summed E-state index contributed by atoms with van der Waals surface area (Å²) in [4.78, 5) is 20.8. The summed E-state index contributed by atoms with van der Waals surface area (Å²) in [5, 5.41) is 8.45. The third kappa shape index (κ3) is 3.73. The number of carbonyl (C=O) groups excluding carboxylic acids is 1. The standard InChI is InChI=1S/C17H16N4OS/c1-18-15-9-13(7-8-19-15)17-21-14(11-23-17)16(22)20-10-12-5-3-2-4-6-12/h2-9,11H,10H2,1H3,(H,18,19)(H,20,22). The quantitative estimate of drug-likeness (QED) is 0.756. The molecule has 0 saturated heterocycles. The molecule has 3 rings (SSSR count). The predicted octanol–water partition coefficient (Wildman–Crippen LogP) is 3.18. The highest BCUT2D eigenvalue weighted by atomic mass is 32.1. The molecule has 0 saturated carbocycles. The van der Waals surface area contributed by atoms with Crippen LogP contribution in [0.3, 0.4) is 0 Å². The SMILES string of the molecule is CNc1cc(-c2nc(C(=O)NCc3ccccc3)cs2)ccn1. The normalized spacial score (nSPS) is 10.3. The first-order chi connectivity index (χ1) is 11.3. The molecule has 116 valence electrons. The number of hydrogen-bond acceptors (Lipinski definition) is 5. The van der Waals surface area contributed by atoms with Gasteiger partial charge in [0.15, 0.2) is 0 Å². The minimum absolute atomic E-state index is 0.167. The Morgan fingerprint density at radius 3 is 2.83 bits per heavy atom. The number of rotatable bonds is 5. The van der Waals surface area contributed by atoms with Gasteiger partial charge in [-0.1, -0.05) is 30.3 Å². The van der Waals surface area contributed by atoms with E-state index in [0.717, 1.165) is 22.0 Å². The van der Waals surface area contributed by atoms with Gasteiger partial charge in [0.1, 0.15) is 16.5 Å². The van der Waals surface area contributed by atoms with Crippen LogP contribution in [-0.4, -0.2) is 22.9 Å². The van der Waals surface area contributed by atoms with E-state index in [2.05, 4.69) is 20.6 Å². The van der Waals surface area contributed by atoms with Crippen molar-refractivity contribution < 1.29 is 4.79 Å². The molecule has 2 heterocycles. The Kier molecular flexibility index (Phi) is 4.63. The van der Waals surface area contributed by atoms with Gasteiger partial charge in [0.25, 0.3) is 5.91 Å². The molecule has 0 aliphatic rings. The van der Waals surface area contributed by atoms with Crippen LogP contribution in [0.5, 0.6) is 0 Å². The summed E-state index contributed by atoms with van der Waals surface area (Å²) in [6.45, 7) is 0.492. The van der Waals surface area contributed by atoms with Crippen LogP contribution >= 0.6 is 11.3 Å². The number of nitrogens with one attached hydrogen (secondary N) is 2. The minimum Gasteiger partial charge on any atom is -0.373 e. The molecule has 0 fully saturated rings. The summed E-state index contributed by atoms with van der Waals surface area (Å²) < 4.78 is 0. The van der Waals surface area contributed by atoms with Crippen LogP contribution in [0.2, 0.25) is 0 Å². The Labute approximate surface area is 138 Å². The Bertz CT molecular complexity index is 801. The third-order valence-electron chi connectivity index (χ3n) is 3.30. The van der Waals surface area contributed by atoms with Crippen molar-refractivity contribution in [1.82, 2.24) is 15.3 Å². The maximum absolute atomic E-state index is 12.2. The van der Waals surface area contributed by atoms with E-state index in [-0.39, 0.29) is 5.91 Å². The smallest absolute Gasteiger partial charge is 0.271 e. The average molecular weight is 324 g/mol. The van der Waals surface area contributed by atoms with Crippen LogP contribution in [0.1, 0.15) is 16.1 Å². The summed E-state index contributed by atoms with van der Waals surface area (Å²) in [7, 11) is 1.82. The summed E-state index contributed by atoms with van der Waals surface area (Å²) in [6, 6.07) is 13.6. The van der Waals surface area contributed by atoms with Crippen LogP contribution in [0, 0.1) is 0 Å². The first-order valence-electron chi connectivity index (χ1n) is 7.18. The van der Waals surface area contributed by atoms with Gasteiger partial charge < -0.3 is 10.6 Å². The van der Waals surface area contributed by atoms with Crippen LogP contribution in [-0.2, 0) is 6.54 Å². The Hall–Kier alpha value is -2.73. The molecule has 0 aliphatic carbocycles. The molecule has 0 unspecified atom stereocenters. The largest absolute Gasteiger partial charge is 0.373 e. The van der Waals surface area contributed by atoms with E-state index >= 15 is 0 Å². The molecule has 0 radical (unpaired) electrons.